The number of rotatable bonds is 5. The molecule has 1 unspecified atom stereocenters. The third-order valence-corrected chi connectivity index (χ3v) is 2.92. The Hall–Kier alpha value is -3.26. The normalized spacial score (nSPS) is 10.8. The van der Waals surface area contributed by atoms with E-state index in [1.54, 1.807) is 0 Å². The van der Waals surface area contributed by atoms with Crippen LogP contribution >= 0.6 is 0 Å². The molecule has 0 radical (unpaired) electrons. The molecule has 3 N–H and O–H groups in total. The summed E-state index contributed by atoms with van der Waals surface area (Å²) in [5.41, 5.74) is 5.96. The van der Waals surface area contributed by atoms with Gasteiger partial charge in [-0.25, -0.2) is 4.79 Å². The SMILES string of the molecule is CC(N)C(=O)O.O=C(OCc1ccccc1)c1ccc([N+](=O)[O-])cc1. The van der Waals surface area contributed by atoms with Gasteiger partial charge in [0.2, 0.25) is 0 Å². The molecule has 0 fully saturated rings. The van der Waals surface area contributed by atoms with Crippen molar-refractivity contribution in [3.8, 4) is 0 Å². The fraction of sp³-hybridized carbons (Fsp3) is 0.176. The number of hydrogen-bond donors (Lipinski definition) is 2. The first kappa shape index (κ1) is 19.8. The quantitative estimate of drug-likeness (QED) is 0.482. The smallest absolute Gasteiger partial charge is 0.338 e. The predicted molar refractivity (Wildman–Crippen MR) is 89.9 cm³/mol. The average Bonchev–Trinajstić information content (AvgIpc) is 2.61. The molecule has 0 aromatic heterocycles. The van der Waals surface area contributed by atoms with Crippen molar-refractivity contribution in [1.82, 2.24) is 0 Å². The summed E-state index contributed by atoms with van der Waals surface area (Å²) in [7, 11) is 0. The lowest BCUT2D eigenvalue weighted by Gasteiger charge is -2.04. The Balaban J connectivity index is 0.000000450. The van der Waals surface area contributed by atoms with E-state index >= 15 is 0 Å². The van der Waals surface area contributed by atoms with Gasteiger partial charge in [-0.1, -0.05) is 30.3 Å². The van der Waals surface area contributed by atoms with Gasteiger partial charge in [-0.15, -0.1) is 0 Å². The fourth-order valence-corrected chi connectivity index (χ4v) is 1.53. The van der Waals surface area contributed by atoms with Gasteiger partial charge in [0, 0.05) is 12.1 Å². The number of carbonyl (C=O) groups excluding carboxylic acids is 1. The van der Waals surface area contributed by atoms with Crippen LogP contribution in [-0.2, 0) is 16.1 Å². The minimum atomic E-state index is -0.963. The molecule has 8 nitrogen and oxygen atoms in total. The molecule has 25 heavy (non-hydrogen) atoms. The van der Waals surface area contributed by atoms with Crippen LogP contribution in [0.1, 0.15) is 22.8 Å². The molecule has 0 aliphatic rings. The lowest BCUT2D eigenvalue weighted by Crippen LogP contribution is -2.25. The number of ether oxygens (including phenoxy) is 1. The van der Waals surface area contributed by atoms with Gasteiger partial charge >= 0.3 is 11.9 Å². The number of carboxylic acids is 1. The molecule has 0 saturated carbocycles. The second-order valence-corrected chi connectivity index (χ2v) is 4.99. The van der Waals surface area contributed by atoms with E-state index in [-0.39, 0.29) is 12.3 Å². The zero-order valence-electron chi connectivity index (χ0n) is 13.5. The number of carboxylic acid groups (broad SMARTS) is 1. The molecule has 0 aliphatic carbocycles. The van der Waals surface area contributed by atoms with E-state index in [1.807, 2.05) is 30.3 Å². The van der Waals surface area contributed by atoms with Crippen LogP contribution in [0.2, 0.25) is 0 Å². The van der Waals surface area contributed by atoms with Gasteiger partial charge in [-0.05, 0) is 24.6 Å². The summed E-state index contributed by atoms with van der Waals surface area (Å²) in [6, 6.07) is 13.9. The molecule has 132 valence electrons. The average molecular weight is 346 g/mol. The van der Waals surface area contributed by atoms with E-state index in [0.29, 0.717) is 5.56 Å². The molecule has 2 rings (SSSR count). The highest BCUT2D eigenvalue weighted by Gasteiger charge is 2.10. The number of nitro groups is 1. The highest BCUT2D eigenvalue weighted by Crippen LogP contribution is 2.13. The van der Waals surface area contributed by atoms with Crippen molar-refractivity contribution in [2.24, 2.45) is 5.73 Å². The number of nitro benzene ring substituents is 1. The first-order chi connectivity index (χ1) is 11.8. The van der Waals surface area contributed by atoms with Crippen molar-refractivity contribution in [2.75, 3.05) is 0 Å². The molecule has 0 amide bonds. The second kappa shape index (κ2) is 9.78. The predicted octanol–water partition coefficient (Wildman–Crippen LogP) is 2.37. The number of nitrogens with two attached hydrogens (primary N) is 1. The van der Waals surface area contributed by atoms with Gasteiger partial charge in [0.15, 0.2) is 0 Å². The first-order valence-corrected chi connectivity index (χ1v) is 7.25. The van der Waals surface area contributed by atoms with E-state index in [2.05, 4.69) is 0 Å². The Bertz CT molecular complexity index is 714. The van der Waals surface area contributed by atoms with E-state index in [4.69, 9.17) is 15.6 Å². The number of non-ortho nitro benzene ring substituents is 1. The molecule has 2 aromatic rings. The second-order valence-electron chi connectivity index (χ2n) is 4.99. The largest absolute Gasteiger partial charge is 0.480 e. The molecule has 0 heterocycles. The third-order valence-electron chi connectivity index (χ3n) is 2.92. The summed E-state index contributed by atoms with van der Waals surface area (Å²) >= 11 is 0. The van der Waals surface area contributed by atoms with Gasteiger partial charge in [-0.2, -0.15) is 0 Å². The lowest BCUT2D eigenvalue weighted by atomic mass is 10.2. The van der Waals surface area contributed by atoms with Crippen molar-refractivity contribution in [2.45, 2.75) is 19.6 Å². The van der Waals surface area contributed by atoms with Gasteiger partial charge in [0.25, 0.3) is 5.69 Å². The molecule has 0 saturated heterocycles. The summed E-state index contributed by atoms with van der Waals surface area (Å²) < 4.78 is 5.11. The summed E-state index contributed by atoms with van der Waals surface area (Å²) in [5.74, 6) is -1.46. The van der Waals surface area contributed by atoms with Crippen LogP contribution in [0.3, 0.4) is 0 Å². The van der Waals surface area contributed by atoms with Crippen LogP contribution in [0.25, 0.3) is 0 Å². The Morgan fingerprint density at radius 2 is 1.68 bits per heavy atom. The topological polar surface area (TPSA) is 133 Å². The van der Waals surface area contributed by atoms with E-state index < -0.39 is 22.9 Å². The lowest BCUT2D eigenvalue weighted by molar-refractivity contribution is -0.384. The number of benzene rings is 2. The van der Waals surface area contributed by atoms with Crippen molar-refractivity contribution < 1.29 is 24.4 Å². The number of esters is 1. The Labute approximate surface area is 144 Å². The molecule has 0 spiro atoms. The summed E-state index contributed by atoms with van der Waals surface area (Å²) in [5, 5.41) is 18.3. The van der Waals surface area contributed by atoms with E-state index in [9.17, 15) is 19.7 Å². The Kier molecular flexibility index (Phi) is 7.74. The standard InChI is InChI=1S/C14H11NO4.C3H7NO2/c16-14(19-10-11-4-2-1-3-5-11)12-6-8-13(9-7-12)15(17)18;1-2(4)3(5)6/h1-9H,10H2;2H,4H2,1H3,(H,5,6). The number of aliphatic carboxylic acids is 1. The van der Waals surface area contributed by atoms with Crippen molar-refractivity contribution in [3.05, 3.63) is 75.8 Å². The third kappa shape index (κ3) is 7.23. The van der Waals surface area contributed by atoms with Gasteiger partial charge in [0.05, 0.1) is 10.5 Å². The number of hydrogen-bond acceptors (Lipinski definition) is 6. The van der Waals surface area contributed by atoms with E-state index in [1.165, 1.54) is 31.2 Å². The molecule has 2 aromatic carbocycles. The Morgan fingerprint density at radius 3 is 2.12 bits per heavy atom. The van der Waals surface area contributed by atoms with Gasteiger partial charge < -0.3 is 15.6 Å². The van der Waals surface area contributed by atoms with Crippen molar-refractivity contribution >= 4 is 17.6 Å². The minimum Gasteiger partial charge on any atom is -0.480 e. The molecule has 0 aliphatic heterocycles. The monoisotopic (exact) mass is 346 g/mol. The zero-order valence-corrected chi connectivity index (χ0v) is 13.5. The maximum absolute atomic E-state index is 11.7. The molecule has 0 bridgehead atoms. The molecule has 1 atom stereocenters. The highest BCUT2D eigenvalue weighted by molar-refractivity contribution is 5.89. The van der Waals surface area contributed by atoms with Crippen LogP contribution < -0.4 is 5.73 Å². The number of carbonyl (C=O) groups is 2. The van der Waals surface area contributed by atoms with Gasteiger partial charge in [-0.3, -0.25) is 14.9 Å². The van der Waals surface area contributed by atoms with Crippen molar-refractivity contribution in [1.29, 1.82) is 0 Å². The van der Waals surface area contributed by atoms with Crippen LogP contribution in [-0.4, -0.2) is 28.0 Å². The van der Waals surface area contributed by atoms with Crippen molar-refractivity contribution in [3.63, 3.8) is 0 Å². The number of nitrogens with zero attached hydrogens (tertiary/aromatic N) is 1. The van der Waals surface area contributed by atoms with Crippen LogP contribution in [0.15, 0.2) is 54.6 Å². The summed E-state index contributed by atoms with van der Waals surface area (Å²) in [4.78, 5) is 31.2. The summed E-state index contributed by atoms with van der Waals surface area (Å²) in [6.07, 6.45) is 0. The summed E-state index contributed by atoms with van der Waals surface area (Å²) in [6.45, 7) is 1.60. The molecular weight excluding hydrogens is 328 g/mol. The van der Waals surface area contributed by atoms with Crippen LogP contribution in [0.5, 0.6) is 0 Å². The van der Waals surface area contributed by atoms with E-state index in [0.717, 1.165) is 5.56 Å². The van der Waals surface area contributed by atoms with Crippen LogP contribution in [0.4, 0.5) is 5.69 Å². The maximum Gasteiger partial charge on any atom is 0.338 e. The maximum atomic E-state index is 11.7. The minimum absolute atomic E-state index is 0.0559. The first-order valence-electron chi connectivity index (χ1n) is 7.25. The highest BCUT2D eigenvalue weighted by atomic mass is 16.6. The van der Waals surface area contributed by atoms with Crippen LogP contribution in [0, 0.1) is 10.1 Å². The molecular formula is C17H18N2O6. The fourth-order valence-electron chi connectivity index (χ4n) is 1.53. The molecule has 8 heteroatoms. The zero-order chi connectivity index (χ0) is 18.8. The van der Waals surface area contributed by atoms with Gasteiger partial charge in [0.1, 0.15) is 12.6 Å². The Morgan fingerprint density at radius 1 is 1.16 bits per heavy atom.